The molecule has 0 aliphatic rings. The number of benzene rings is 4. The van der Waals surface area contributed by atoms with E-state index in [0.29, 0.717) is 17.7 Å². The van der Waals surface area contributed by atoms with E-state index in [4.69, 9.17) is 4.74 Å². The average molecular weight is 691 g/mol. The lowest BCUT2D eigenvalue weighted by atomic mass is 10.0. The van der Waals surface area contributed by atoms with Crippen molar-refractivity contribution < 1.29 is 32.1 Å². The number of nitro benzene ring substituents is 1. The van der Waals surface area contributed by atoms with Gasteiger partial charge < -0.3 is 15.0 Å². The fourth-order valence-corrected chi connectivity index (χ4v) is 6.57. The molecule has 0 aliphatic heterocycles. The molecule has 11 nitrogen and oxygen atoms in total. The molecule has 0 radical (unpaired) electrons. The Hall–Kier alpha value is -5.30. The summed E-state index contributed by atoms with van der Waals surface area (Å²) in [4.78, 5) is 40.4. The van der Waals surface area contributed by atoms with Crippen LogP contribution in [0.5, 0.6) is 5.75 Å². The van der Waals surface area contributed by atoms with Crippen LogP contribution in [0.1, 0.15) is 37.0 Å². The molecule has 258 valence electrons. The molecule has 0 bridgehead atoms. The molecule has 4 rings (SSSR count). The molecular formula is C36H39FN4O7S. The topological polar surface area (TPSA) is 139 Å². The number of carbonyl (C=O) groups is 2. The smallest absolute Gasteiger partial charge is 0.273 e. The molecule has 0 saturated carbocycles. The van der Waals surface area contributed by atoms with Gasteiger partial charge in [-0.3, -0.25) is 24.0 Å². The number of nitrogens with zero attached hydrogens (tertiary/aromatic N) is 3. The van der Waals surface area contributed by atoms with Gasteiger partial charge in [0.25, 0.3) is 15.7 Å². The maximum atomic E-state index is 14.6. The number of hydrogen-bond acceptors (Lipinski definition) is 7. The Labute approximate surface area is 285 Å². The molecule has 0 heterocycles. The third kappa shape index (κ3) is 9.20. The van der Waals surface area contributed by atoms with Crippen LogP contribution in [0.3, 0.4) is 0 Å². The van der Waals surface area contributed by atoms with E-state index in [-0.39, 0.29) is 30.3 Å². The zero-order valence-corrected chi connectivity index (χ0v) is 28.5. The summed E-state index contributed by atoms with van der Waals surface area (Å²) in [5, 5.41) is 14.7. The molecule has 0 aliphatic carbocycles. The van der Waals surface area contributed by atoms with Crippen molar-refractivity contribution in [2.45, 2.75) is 57.1 Å². The number of anilines is 1. The third-order valence-corrected chi connectivity index (χ3v) is 9.91. The first-order valence-electron chi connectivity index (χ1n) is 15.6. The normalized spacial score (nSPS) is 12.4. The number of ether oxygens (including phenoxy) is 1. The summed E-state index contributed by atoms with van der Waals surface area (Å²) in [6, 6.07) is 22.7. The van der Waals surface area contributed by atoms with Crippen LogP contribution in [0, 0.1) is 22.9 Å². The molecular weight excluding hydrogens is 651 g/mol. The predicted octanol–water partition coefficient (Wildman–Crippen LogP) is 5.80. The van der Waals surface area contributed by atoms with Gasteiger partial charge in [0.1, 0.15) is 24.2 Å². The number of nitrogens with one attached hydrogen (secondary N) is 1. The standard InChI is InChI=1S/C36H39FN4O7S/c1-5-26(3)38-36(43)34(21-27-9-7-6-8-10-27)39(23-28-12-14-29(37)15-13-28)35(42)24-40(30-16-18-31(48-4)19-17-30)49(46,47)32-20-11-25(2)33(22-32)41(44)45/h6-20,22,26,34H,5,21,23-24H2,1-4H3,(H,38,43)/t26-,34-/m1/s1. The summed E-state index contributed by atoms with van der Waals surface area (Å²) in [6.07, 6.45) is 0.734. The van der Waals surface area contributed by atoms with Gasteiger partial charge in [0, 0.05) is 30.6 Å². The van der Waals surface area contributed by atoms with Gasteiger partial charge in [-0.1, -0.05) is 55.5 Å². The Morgan fingerprint density at radius 1 is 0.959 bits per heavy atom. The largest absolute Gasteiger partial charge is 0.497 e. The Kier molecular flexibility index (Phi) is 12.1. The van der Waals surface area contributed by atoms with Crippen LogP contribution in [0.2, 0.25) is 0 Å². The first-order chi connectivity index (χ1) is 23.3. The number of hydrogen-bond donors (Lipinski definition) is 1. The minimum Gasteiger partial charge on any atom is -0.497 e. The molecule has 0 spiro atoms. The second-order valence-corrected chi connectivity index (χ2v) is 13.4. The van der Waals surface area contributed by atoms with Crippen molar-refractivity contribution in [3.05, 3.63) is 130 Å². The summed E-state index contributed by atoms with van der Waals surface area (Å²) >= 11 is 0. The zero-order valence-electron chi connectivity index (χ0n) is 27.7. The maximum absolute atomic E-state index is 14.6. The van der Waals surface area contributed by atoms with Crippen LogP contribution >= 0.6 is 0 Å². The lowest BCUT2D eigenvalue weighted by Gasteiger charge is -2.34. The molecule has 4 aromatic rings. The predicted molar refractivity (Wildman–Crippen MR) is 184 cm³/mol. The van der Waals surface area contributed by atoms with Crippen molar-refractivity contribution in [1.29, 1.82) is 0 Å². The minimum atomic E-state index is -4.59. The van der Waals surface area contributed by atoms with E-state index in [9.17, 15) is 32.5 Å². The van der Waals surface area contributed by atoms with Crippen LogP contribution in [-0.2, 0) is 32.6 Å². The van der Waals surface area contributed by atoms with Crippen LogP contribution < -0.4 is 14.4 Å². The highest BCUT2D eigenvalue weighted by Gasteiger charge is 2.35. The van der Waals surface area contributed by atoms with Crippen molar-refractivity contribution in [1.82, 2.24) is 10.2 Å². The van der Waals surface area contributed by atoms with Crippen LogP contribution in [0.15, 0.2) is 102 Å². The quantitative estimate of drug-likeness (QED) is 0.123. The van der Waals surface area contributed by atoms with Crippen molar-refractivity contribution in [3.8, 4) is 5.75 Å². The van der Waals surface area contributed by atoms with Gasteiger partial charge in [-0.2, -0.15) is 0 Å². The molecule has 13 heteroatoms. The number of aryl methyl sites for hydroxylation is 1. The van der Waals surface area contributed by atoms with E-state index in [1.807, 2.05) is 44.2 Å². The highest BCUT2D eigenvalue weighted by atomic mass is 32.2. The van der Waals surface area contributed by atoms with Crippen LogP contribution in [0.4, 0.5) is 15.8 Å². The summed E-state index contributed by atoms with van der Waals surface area (Å²) in [7, 11) is -3.14. The lowest BCUT2D eigenvalue weighted by Crippen LogP contribution is -2.54. The molecule has 0 unspecified atom stereocenters. The van der Waals surface area contributed by atoms with E-state index in [2.05, 4.69) is 5.32 Å². The number of nitro groups is 1. The Morgan fingerprint density at radius 2 is 1.61 bits per heavy atom. The van der Waals surface area contributed by atoms with Gasteiger partial charge in [0.15, 0.2) is 0 Å². The van der Waals surface area contributed by atoms with Crippen molar-refractivity contribution in [2.75, 3.05) is 18.0 Å². The van der Waals surface area contributed by atoms with Gasteiger partial charge in [-0.15, -0.1) is 0 Å². The monoisotopic (exact) mass is 690 g/mol. The van der Waals surface area contributed by atoms with Gasteiger partial charge in [-0.05, 0) is 73.9 Å². The van der Waals surface area contributed by atoms with Gasteiger partial charge >= 0.3 is 0 Å². The molecule has 0 fully saturated rings. The van der Waals surface area contributed by atoms with Crippen LogP contribution in [-0.4, -0.2) is 55.8 Å². The first-order valence-corrected chi connectivity index (χ1v) is 17.1. The summed E-state index contributed by atoms with van der Waals surface area (Å²) in [5.41, 5.74) is 1.22. The molecule has 2 atom stereocenters. The highest BCUT2D eigenvalue weighted by molar-refractivity contribution is 7.92. The summed E-state index contributed by atoms with van der Waals surface area (Å²) in [6.45, 7) is 4.33. The number of halogens is 1. The Balaban J connectivity index is 1.84. The van der Waals surface area contributed by atoms with Gasteiger partial charge in [0.05, 0.1) is 22.6 Å². The fourth-order valence-electron chi connectivity index (χ4n) is 5.13. The first kappa shape index (κ1) is 36.5. The van der Waals surface area contributed by atoms with E-state index < -0.39 is 55.7 Å². The van der Waals surface area contributed by atoms with Crippen LogP contribution in [0.25, 0.3) is 0 Å². The Bertz CT molecular complexity index is 1870. The SMILES string of the molecule is CC[C@@H](C)NC(=O)[C@@H](Cc1ccccc1)N(Cc1ccc(F)cc1)C(=O)CN(c1ccc(OC)cc1)S(=O)(=O)c1ccc(C)c([N+](=O)[O-])c1. The van der Waals surface area contributed by atoms with Gasteiger partial charge in [0.2, 0.25) is 11.8 Å². The zero-order chi connectivity index (χ0) is 35.7. The lowest BCUT2D eigenvalue weighted by molar-refractivity contribution is -0.385. The minimum absolute atomic E-state index is 0.0859. The molecule has 49 heavy (non-hydrogen) atoms. The number of carbonyl (C=O) groups excluding carboxylic acids is 2. The molecule has 2 amide bonds. The van der Waals surface area contributed by atoms with E-state index in [1.165, 1.54) is 79.6 Å². The van der Waals surface area contributed by atoms with Crippen molar-refractivity contribution in [2.24, 2.45) is 0 Å². The van der Waals surface area contributed by atoms with Gasteiger partial charge in [-0.25, -0.2) is 12.8 Å². The van der Waals surface area contributed by atoms with Crippen molar-refractivity contribution in [3.63, 3.8) is 0 Å². The number of sulfonamides is 1. The Morgan fingerprint density at radius 3 is 2.20 bits per heavy atom. The fraction of sp³-hybridized carbons (Fsp3) is 0.278. The maximum Gasteiger partial charge on any atom is 0.273 e. The molecule has 4 aromatic carbocycles. The van der Waals surface area contributed by atoms with E-state index in [1.54, 1.807) is 0 Å². The molecule has 1 N–H and O–H groups in total. The highest BCUT2D eigenvalue weighted by Crippen LogP contribution is 2.30. The molecule has 0 saturated heterocycles. The third-order valence-electron chi connectivity index (χ3n) is 8.14. The number of methoxy groups -OCH3 is 1. The second-order valence-electron chi connectivity index (χ2n) is 11.6. The van der Waals surface area contributed by atoms with E-state index in [0.717, 1.165) is 15.9 Å². The molecule has 0 aromatic heterocycles. The summed E-state index contributed by atoms with van der Waals surface area (Å²) < 4.78 is 48.5. The second kappa shape index (κ2) is 16.2. The number of rotatable bonds is 15. The average Bonchev–Trinajstić information content (AvgIpc) is 3.09. The number of amides is 2. The van der Waals surface area contributed by atoms with Crippen molar-refractivity contribution >= 4 is 33.2 Å². The summed E-state index contributed by atoms with van der Waals surface area (Å²) in [5.74, 6) is -1.23. The van der Waals surface area contributed by atoms with E-state index >= 15 is 0 Å².